The number of rotatable bonds is 7. The maximum Gasteiger partial charge on any atom is 0.339 e. The van der Waals surface area contributed by atoms with Gasteiger partial charge in [0.15, 0.2) is 0 Å². The summed E-state index contributed by atoms with van der Waals surface area (Å²) in [5, 5.41) is 23.3. The zero-order chi connectivity index (χ0) is 15.5. The highest BCUT2D eigenvalue weighted by atomic mass is 16.4. The van der Waals surface area contributed by atoms with E-state index in [2.05, 4.69) is 5.32 Å². The number of carbonyl (C=O) groups is 1. The van der Waals surface area contributed by atoms with E-state index in [0.717, 1.165) is 0 Å². The van der Waals surface area contributed by atoms with Crippen LogP contribution in [-0.2, 0) is 6.54 Å². The Morgan fingerprint density at radius 3 is 2.57 bits per heavy atom. The molecule has 0 radical (unpaired) electrons. The van der Waals surface area contributed by atoms with Crippen molar-refractivity contribution in [2.45, 2.75) is 38.8 Å². The van der Waals surface area contributed by atoms with Gasteiger partial charge in [0, 0.05) is 11.9 Å². The Bertz CT molecular complexity index is 628. The van der Waals surface area contributed by atoms with Gasteiger partial charge in [-0.25, -0.2) is 4.79 Å². The van der Waals surface area contributed by atoms with Gasteiger partial charge < -0.3 is 19.9 Å². The zero-order valence-corrected chi connectivity index (χ0v) is 12.3. The van der Waals surface area contributed by atoms with Gasteiger partial charge in [0.2, 0.25) is 0 Å². The Morgan fingerprint density at radius 1 is 1.29 bits per heavy atom. The third kappa shape index (κ3) is 3.25. The van der Waals surface area contributed by atoms with Crippen LogP contribution in [0.5, 0.6) is 0 Å². The molecule has 1 heterocycles. The van der Waals surface area contributed by atoms with Crippen LogP contribution in [0.4, 0.5) is 0 Å². The van der Waals surface area contributed by atoms with Gasteiger partial charge >= 0.3 is 5.97 Å². The van der Waals surface area contributed by atoms with E-state index in [0.29, 0.717) is 36.1 Å². The van der Waals surface area contributed by atoms with E-state index in [-0.39, 0.29) is 12.1 Å². The second kappa shape index (κ2) is 6.28. The third-order valence-corrected chi connectivity index (χ3v) is 3.94. The lowest BCUT2D eigenvalue weighted by Crippen LogP contribution is -2.39. The van der Waals surface area contributed by atoms with E-state index in [1.54, 1.807) is 18.2 Å². The van der Waals surface area contributed by atoms with Crippen LogP contribution in [0.2, 0.25) is 0 Å². The maximum absolute atomic E-state index is 11.4. The molecule has 0 bridgehead atoms. The average molecular weight is 291 g/mol. The van der Waals surface area contributed by atoms with Gasteiger partial charge in [-0.2, -0.15) is 0 Å². The van der Waals surface area contributed by atoms with E-state index in [9.17, 15) is 15.0 Å². The zero-order valence-electron chi connectivity index (χ0n) is 12.3. The van der Waals surface area contributed by atoms with E-state index in [4.69, 9.17) is 4.42 Å². The van der Waals surface area contributed by atoms with Gasteiger partial charge in [0.1, 0.15) is 16.9 Å². The second-order valence-electron chi connectivity index (χ2n) is 5.24. The van der Waals surface area contributed by atoms with Gasteiger partial charge in [0.25, 0.3) is 0 Å². The minimum Gasteiger partial charge on any atom is -0.478 e. The SMILES string of the molecule is CCC(O)(CC)CNCc1oc2ccccc2c1C(=O)O. The van der Waals surface area contributed by atoms with Crippen LogP contribution in [0.1, 0.15) is 42.8 Å². The first kappa shape index (κ1) is 15.5. The molecule has 0 spiro atoms. The first-order valence-electron chi connectivity index (χ1n) is 7.17. The predicted octanol–water partition coefficient (Wildman–Crippen LogP) is 2.77. The van der Waals surface area contributed by atoms with E-state index < -0.39 is 11.6 Å². The normalized spacial score (nSPS) is 12.0. The summed E-state index contributed by atoms with van der Waals surface area (Å²) in [7, 11) is 0. The predicted molar refractivity (Wildman–Crippen MR) is 80.4 cm³/mol. The first-order valence-corrected chi connectivity index (χ1v) is 7.17. The summed E-state index contributed by atoms with van der Waals surface area (Å²) in [6.07, 6.45) is 1.28. The average Bonchev–Trinajstić information content (AvgIpc) is 2.85. The third-order valence-electron chi connectivity index (χ3n) is 3.94. The van der Waals surface area contributed by atoms with E-state index >= 15 is 0 Å². The van der Waals surface area contributed by atoms with Gasteiger partial charge in [-0.15, -0.1) is 0 Å². The maximum atomic E-state index is 11.4. The van der Waals surface area contributed by atoms with Crippen molar-refractivity contribution in [2.24, 2.45) is 0 Å². The summed E-state index contributed by atoms with van der Waals surface area (Å²) >= 11 is 0. The fraction of sp³-hybridized carbons (Fsp3) is 0.438. The summed E-state index contributed by atoms with van der Waals surface area (Å²) in [5.74, 6) is -0.615. The Morgan fingerprint density at radius 2 is 1.95 bits per heavy atom. The standard InChI is InChI=1S/C16H21NO4/c1-3-16(20,4-2)10-17-9-13-14(15(18)19)11-7-5-6-8-12(11)21-13/h5-8,17,20H,3-4,9-10H2,1-2H3,(H,18,19). The van der Waals surface area contributed by atoms with Crippen LogP contribution in [0, 0.1) is 0 Å². The number of carboxylic acids is 1. The van der Waals surface area contributed by atoms with Crippen molar-refractivity contribution in [3.05, 3.63) is 35.6 Å². The van der Waals surface area contributed by atoms with Crippen LogP contribution in [0.25, 0.3) is 11.0 Å². The molecule has 0 aliphatic heterocycles. The lowest BCUT2D eigenvalue weighted by atomic mass is 9.97. The topological polar surface area (TPSA) is 82.7 Å². The number of hydrogen-bond acceptors (Lipinski definition) is 4. The van der Waals surface area contributed by atoms with Crippen molar-refractivity contribution in [2.75, 3.05) is 6.54 Å². The summed E-state index contributed by atoms with van der Waals surface area (Å²) in [6.45, 7) is 4.53. The molecule has 5 nitrogen and oxygen atoms in total. The molecule has 0 amide bonds. The molecular weight excluding hydrogens is 270 g/mol. The Balaban J connectivity index is 2.19. The number of benzene rings is 1. The molecule has 2 rings (SSSR count). The lowest BCUT2D eigenvalue weighted by Gasteiger charge is -2.25. The molecule has 114 valence electrons. The number of hydrogen-bond donors (Lipinski definition) is 3. The van der Waals surface area contributed by atoms with Crippen molar-refractivity contribution >= 4 is 16.9 Å². The molecule has 1 aromatic carbocycles. The molecule has 0 aliphatic rings. The fourth-order valence-corrected chi connectivity index (χ4v) is 2.36. The molecule has 2 aromatic rings. The van der Waals surface area contributed by atoms with E-state index in [1.165, 1.54) is 0 Å². The van der Waals surface area contributed by atoms with E-state index in [1.807, 2.05) is 19.9 Å². The number of carboxylic acid groups (broad SMARTS) is 1. The van der Waals surface area contributed by atoms with Crippen molar-refractivity contribution in [1.29, 1.82) is 0 Å². The van der Waals surface area contributed by atoms with Gasteiger partial charge in [-0.3, -0.25) is 0 Å². The lowest BCUT2D eigenvalue weighted by molar-refractivity contribution is 0.0319. The number of aliphatic hydroxyl groups is 1. The summed E-state index contributed by atoms with van der Waals surface area (Å²) < 4.78 is 5.62. The Kier molecular flexibility index (Phi) is 4.65. The number of furan rings is 1. The molecule has 1 aromatic heterocycles. The molecule has 0 atom stereocenters. The largest absolute Gasteiger partial charge is 0.478 e. The molecule has 3 N–H and O–H groups in total. The highest BCUT2D eigenvalue weighted by Gasteiger charge is 2.23. The van der Waals surface area contributed by atoms with Crippen LogP contribution in [0.3, 0.4) is 0 Å². The van der Waals surface area contributed by atoms with Gasteiger partial charge in [-0.1, -0.05) is 32.0 Å². The first-order chi connectivity index (χ1) is 10.0. The van der Waals surface area contributed by atoms with Crippen LogP contribution >= 0.6 is 0 Å². The highest BCUT2D eigenvalue weighted by Crippen LogP contribution is 2.26. The minimum absolute atomic E-state index is 0.189. The highest BCUT2D eigenvalue weighted by molar-refractivity contribution is 6.03. The molecule has 0 saturated carbocycles. The molecule has 21 heavy (non-hydrogen) atoms. The second-order valence-corrected chi connectivity index (χ2v) is 5.24. The van der Waals surface area contributed by atoms with Gasteiger partial charge in [0.05, 0.1) is 12.1 Å². The van der Waals surface area contributed by atoms with Crippen LogP contribution < -0.4 is 5.32 Å². The molecule has 0 saturated heterocycles. The molecular formula is C16H21NO4. The van der Waals surface area contributed by atoms with Crippen LogP contribution in [-0.4, -0.2) is 28.3 Å². The van der Waals surface area contributed by atoms with Crippen molar-refractivity contribution < 1.29 is 19.4 Å². The van der Waals surface area contributed by atoms with Crippen molar-refractivity contribution in [3.8, 4) is 0 Å². The summed E-state index contributed by atoms with van der Waals surface area (Å²) in [6, 6.07) is 7.08. The number of nitrogens with one attached hydrogen (secondary N) is 1. The quantitative estimate of drug-likeness (QED) is 0.730. The minimum atomic E-state index is -1.00. The molecule has 0 fully saturated rings. The summed E-state index contributed by atoms with van der Waals surface area (Å²) in [5.41, 5.74) is -0.0161. The number of aromatic carboxylic acids is 1. The van der Waals surface area contributed by atoms with Crippen molar-refractivity contribution in [1.82, 2.24) is 5.32 Å². The smallest absolute Gasteiger partial charge is 0.339 e. The molecule has 0 aliphatic carbocycles. The summed E-state index contributed by atoms with van der Waals surface area (Å²) in [4.78, 5) is 11.4. The Hall–Kier alpha value is -1.85. The number of fused-ring (bicyclic) bond motifs is 1. The fourth-order valence-electron chi connectivity index (χ4n) is 2.36. The monoisotopic (exact) mass is 291 g/mol. The molecule has 5 heteroatoms. The van der Waals surface area contributed by atoms with Crippen molar-refractivity contribution in [3.63, 3.8) is 0 Å². The van der Waals surface area contributed by atoms with Gasteiger partial charge in [-0.05, 0) is 18.9 Å². The van der Waals surface area contributed by atoms with Crippen LogP contribution in [0.15, 0.2) is 28.7 Å². The molecule has 0 unspecified atom stereocenters. The number of para-hydroxylation sites is 1. The Labute approximate surface area is 123 Å².